The Hall–Kier alpha value is -4.09. The Labute approximate surface area is 194 Å². The van der Waals surface area contributed by atoms with Gasteiger partial charge in [0.15, 0.2) is 0 Å². The number of hydrogen-bond acceptors (Lipinski definition) is 7. The Morgan fingerprint density at radius 3 is 2.67 bits per heavy atom. The third-order valence-corrected chi connectivity index (χ3v) is 6.78. The average Bonchev–Trinajstić information content (AvgIpc) is 3.46. The number of ether oxygens (including phenoxy) is 1. The van der Waals surface area contributed by atoms with E-state index < -0.39 is 17.7 Å². The number of nitrogens with zero attached hydrogens (tertiary/aromatic N) is 3. The fourth-order valence-electron chi connectivity index (χ4n) is 4.16. The number of benzene rings is 2. The molecular weight excluding hydrogens is 438 g/mol. The van der Waals surface area contributed by atoms with Crippen LogP contribution in [0.15, 0.2) is 65.6 Å². The number of likely N-dealkylation sites (N-methyl/N-ethyl adjacent to an activating group) is 1. The molecule has 1 fully saturated rings. The van der Waals surface area contributed by atoms with Crippen molar-refractivity contribution in [3.63, 3.8) is 0 Å². The molecule has 2 aliphatic heterocycles. The van der Waals surface area contributed by atoms with Gasteiger partial charge in [0.05, 0.1) is 29.4 Å². The predicted octanol–water partition coefficient (Wildman–Crippen LogP) is 4.07. The zero-order valence-electron chi connectivity index (χ0n) is 17.7. The maximum atomic E-state index is 13.2. The number of fused-ring (bicyclic) bond motifs is 1. The molecule has 1 N–H and O–H groups in total. The minimum atomic E-state index is -0.775. The van der Waals surface area contributed by atoms with Crippen molar-refractivity contribution in [2.24, 2.45) is 0 Å². The van der Waals surface area contributed by atoms with Crippen molar-refractivity contribution in [2.75, 3.05) is 30.0 Å². The third-order valence-electron chi connectivity index (χ3n) is 5.86. The molecule has 0 radical (unpaired) electrons. The molecule has 33 heavy (non-hydrogen) atoms. The molecular formula is C25H19N3O4S. The van der Waals surface area contributed by atoms with Gasteiger partial charge in [-0.2, -0.15) is 5.26 Å². The van der Waals surface area contributed by atoms with E-state index in [1.807, 2.05) is 35.5 Å². The smallest absolute Gasteiger partial charge is 0.300 e. The molecule has 5 rings (SSSR count). The Morgan fingerprint density at radius 2 is 1.97 bits per heavy atom. The van der Waals surface area contributed by atoms with E-state index in [0.717, 1.165) is 10.6 Å². The van der Waals surface area contributed by atoms with Crippen LogP contribution in [0.1, 0.15) is 22.0 Å². The number of nitriles is 1. The van der Waals surface area contributed by atoms with Crippen molar-refractivity contribution < 1.29 is 19.4 Å². The summed E-state index contributed by atoms with van der Waals surface area (Å²) >= 11 is 1.40. The lowest BCUT2D eigenvalue weighted by molar-refractivity contribution is -0.132. The van der Waals surface area contributed by atoms with Gasteiger partial charge in [0, 0.05) is 23.2 Å². The van der Waals surface area contributed by atoms with Gasteiger partial charge in [0.1, 0.15) is 24.2 Å². The van der Waals surface area contributed by atoms with Gasteiger partial charge in [-0.05, 0) is 53.9 Å². The number of aliphatic hydroxyl groups is 1. The summed E-state index contributed by atoms with van der Waals surface area (Å²) in [6.07, 6.45) is 0. The summed E-state index contributed by atoms with van der Waals surface area (Å²) in [5.74, 6) is -1.01. The van der Waals surface area contributed by atoms with Crippen LogP contribution in [0, 0.1) is 11.3 Å². The first-order valence-electron chi connectivity index (χ1n) is 10.3. The summed E-state index contributed by atoms with van der Waals surface area (Å²) in [4.78, 5) is 30.5. The summed E-state index contributed by atoms with van der Waals surface area (Å²) < 4.78 is 5.68. The van der Waals surface area contributed by atoms with Gasteiger partial charge in [-0.3, -0.25) is 14.5 Å². The molecule has 1 saturated heterocycles. The van der Waals surface area contributed by atoms with Crippen LogP contribution in [0.5, 0.6) is 5.75 Å². The highest BCUT2D eigenvalue weighted by Crippen LogP contribution is 2.44. The van der Waals surface area contributed by atoms with Crippen molar-refractivity contribution >= 4 is 40.2 Å². The number of rotatable bonds is 3. The second kappa shape index (κ2) is 8.11. The summed E-state index contributed by atoms with van der Waals surface area (Å²) in [6, 6.07) is 16.6. The largest absolute Gasteiger partial charge is 0.507 e. The molecule has 1 atom stereocenters. The van der Waals surface area contributed by atoms with Crippen LogP contribution in [-0.2, 0) is 9.59 Å². The second-order valence-electron chi connectivity index (χ2n) is 7.80. The molecule has 3 aromatic rings. The molecule has 0 aliphatic carbocycles. The Balaban J connectivity index is 1.66. The Bertz CT molecular complexity index is 1320. The zero-order chi connectivity index (χ0) is 23.1. The van der Waals surface area contributed by atoms with Gasteiger partial charge < -0.3 is 14.7 Å². The highest BCUT2D eigenvalue weighted by Gasteiger charge is 2.47. The van der Waals surface area contributed by atoms with Gasteiger partial charge >= 0.3 is 0 Å². The van der Waals surface area contributed by atoms with Gasteiger partial charge in [-0.1, -0.05) is 6.07 Å². The monoisotopic (exact) mass is 457 g/mol. The van der Waals surface area contributed by atoms with Crippen molar-refractivity contribution in [1.29, 1.82) is 5.26 Å². The number of aliphatic hydroxyl groups excluding tert-OH is 1. The number of amides is 1. The van der Waals surface area contributed by atoms with Crippen LogP contribution in [0.2, 0.25) is 0 Å². The van der Waals surface area contributed by atoms with Crippen molar-refractivity contribution in [3.05, 3.63) is 81.6 Å². The van der Waals surface area contributed by atoms with Gasteiger partial charge in [0.25, 0.3) is 11.7 Å². The first-order chi connectivity index (χ1) is 16.0. The first kappa shape index (κ1) is 20.8. The number of anilines is 2. The summed E-state index contributed by atoms with van der Waals surface area (Å²) in [6.45, 7) is 1.28. The molecule has 7 nitrogen and oxygen atoms in total. The number of Topliss-reactive ketones (excluding diaryl/α,β-unsaturated/α-hetero) is 1. The standard InChI is InChI=1S/C25H19N3O4S/c1-27-10-11-32-19-9-6-16(13-18(19)27)23(29)21-22(20-3-2-12-33-20)28(25(31)24(21)30)17-7-4-15(14-26)5-8-17/h2-9,12-13,22,29H,10-11H2,1H3/b23-21-. The fourth-order valence-corrected chi connectivity index (χ4v) is 4.99. The molecule has 0 bridgehead atoms. The second-order valence-corrected chi connectivity index (χ2v) is 8.77. The first-order valence-corrected chi connectivity index (χ1v) is 11.2. The Kier molecular flexibility index (Phi) is 5.11. The molecule has 0 saturated carbocycles. The number of thiophene rings is 1. The molecule has 1 unspecified atom stereocenters. The zero-order valence-corrected chi connectivity index (χ0v) is 18.5. The SMILES string of the molecule is CN1CCOc2ccc(/C(O)=C3/C(=O)C(=O)N(c4ccc(C#N)cc4)C3c3cccs3)cc21. The minimum absolute atomic E-state index is 0.0335. The van der Waals surface area contributed by atoms with E-state index in [1.165, 1.54) is 16.2 Å². The summed E-state index contributed by atoms with van der Waals surface area (Å²) in [5.41, 5.74) is 2.20. The van der Waals surface area contributed by atoms with E-state index in [-0.39, 0.29) is 11.3 Å². The number of ketones is 1. The van der Waals surface area contributed by atoms with E-state index in [4.69, 9.17) is 10.00 Å². The van der Waals surface area contributed by atoms with Crippen molar-refractivity contribution in [3.8, 4) is 11.8 Å². The number of carbonyl (C=O) groups excluding carboxylic acids is 2. The van der Waals surface area contributed by atoms with E-state index in [2.05, 4.69) is 0 Å². The van der Waals surface area contributed by atoms with Gasteiger partial charge in [-0.15, -0.1) is 11.3 Å². The predicted molar refractivity (Wildman–Crippen MR) is 125 cm³/mol. The summed E-state index contributed by atoms with van der Waals surface area (Å²) in [5, 5.41) is 22.3. The fraction of sp³-hybridized carbons (Fsp3) is 0.160. The normalized spacial score (nSPS) is 19.2. The van der Waals surface area contributed by atoms with E-state index in [1.54, 1.807) is 42.5 Å². The highest BCUT2D eigenvalue weighted by molar-refractivity contribution is 7.10. The van der Waals surface area contributed by atoms with E-state index in [9.17, 15) is 14.7 Å². The topological polar surface area (TPSA) is 93.9 Å². The molecule has 2 aromatic carbocycles. The van der Waals surface area contributed by atoms with Crippen molar-refractivity contribution in [1.82, 2.24) is 0 Å². The van der Waals surface area contributed by atoms with Crippen LogP contribution in [-0.4, -0.2) is 37.0 Å². The molecule has 2 aliphatic rings. The van der Waals surface area contributed by atoms with E-state index in [0.29, 0.717) is 35.7 Å². The molecule has 0 spiro atoms. The maximum absolute atomic E-state index is 13.2. The van der Waals surface area contributed by atoms with Crippen LogP contribution in [0.3, 0.4) is 0 Å². The number of hydrogen-bond donors (Lipinski definition) is 1. The molecule has 1 amide bonds. The lowest BCUT2D eigenvalue weighted by atomic mass is 9.99. The van der Waals surface area contributed by atoms with Crippen LogP contribution >= 0.6 is 11.3 Å². The lowest BCUT2D eigenvalue weighted by Crippen LogP contribution is -2.29. The van der Waals surface area contributed by atoms with Crippen molar-refractivity contribution in [2.45, 2.75) is 6.04 Å². The van der Waals surface area contributed by atoms with Gasteiger partial charge in [0.2, 0.25) is 0 Å². The Morgan fingerprint density at radius 1 is 1.18 bits per heavy atom. The maximum Gasteiger partial charge on any atom is 0.300 e. The quantitative estimate of drug-likeness (QED) is 0.362. The number of carbonyl (C=O) groups is 2. The lowest BCUT2D eigenvalue weighted by Gasteiger charge is -2.28. The molecule has 3 heterocycles. The third kappa shape index (κ3) is 3.43. The highest BCUT2D eigenvalue weighted by atomic mass is 32.1. The molecule has 8 heteroatoms. The van der Waals surface area contributed by atoms with Crippen LogP contribution in [0.25, 0.3) is 5.76 Å². The van der Waals surface area contributed by atoms with Crippen LogP contribution < -0.4 is 14.5 Å². The average molecular weight is 458 g/mol. The summed E-state index contributed by atoms with van der Waals surface area (Å²) in [7, 11) is 1.93. The molecule has 164 valence electrons. The van der Waals surface area contributed by atoms with E-state index >= 15 is 0 Å². The minimum Gasteiger partial charge on any atom is -0.507 e. The van der Waals surface area contributed by atoms with Gasteiger partial charge in [-0.25, -0.2) is 0 Å². The molecule has 1 aromatic heterocycles. The van der Waals surface area contributed by atoms with Crippen LogP contribution in [0.4, 0.5) is 11.4 Å².